The van der Waals surface area contributed by atoms with Crippen LogP contribution in [0, 0.1) is 0 Å². The summed E-state index contributed by atoms with van der Waals surface area (Å²) >= 11 is 1.72. The highest BCUT2D eigenvalue weighted by molar-refractivity contribution is 7.98. The molecule has 1 saturated carbocycles. The molecule has 0 spiro atoms. The van der Waals surface area contributed by atoms with Gasteiger partial charge in [-0.1, -0.05) is 6.07 Å². The van der Waals surface area contributed by atoms with Gasteiger partial charge in [-0.3, -0.25) is 0 Å². The van der Waals surface area contributed by atoms with Crippen LogP contribution in [0.25, 0.3) is 0 Å². The van der Waals surface area contributed by atoms with E-state index in [-0.39, 0.29) is 0 Å². The van der Waals surface area contributed by atoms with E-state index in [1.165, 1.54) is 23.3 Å². The minimum Gasteiger partial charge on any atom is -0.398 e. The van der Waals surface area contributed by atoms with Gasteiger partial charge in [0, 0.05) is 16.6 Å². The van der Waals surface area contributed by atoms with Crippen molar-refractivity contribution in [3.63, 3.8) is 0 Å². The molecule has 0 unspecified atom stereocenters. The third-order valence-electron chi connectivity index (χ3n) is 3.50. The topological polar surface area (TPSA) is 52.0 Å². The van der Waals surface area contributed by atoms with Crippen LogP contribution in [0.2, 0.25) is 0 Å². The van der Waals surface area contributed by atoms with Gasteiger partial charge >= 0.3 is 0 Å². The summed E-state index contributed by atoms with van der Waals surface area (Å²) in [6.07, 6.45) is 6.83. The highest BCUT2D eigenvalue weighted by Gasteiger charge is 2.20. The highest BCUT2D eigenvalue weighted by atomic mass is 32.2. The Bertz CT molecular complexity index is 357. The van der Waals surface area contributed by atoms with Crippen LogP contribution >= 0.6 is 11.8 Å². The molecule has 2 nitrogen and oxygen atoms in total. The van der Waals surface area contributed by atoms with Crippen LogP contribution in [0.1, 0.15) is 37.2 Å². The Morgan fingerprint density at radius 3 is 2.50 bits per heavy atom. The van der Waals surface area contributed by atoms with Gasteiger partial charge in [0.15, 0.2) is 0 Å². The summed E-state index contributed by atoms with van der Waals surface area (Å²) in [6, 6.07) is 6.89. The van der Waals surface area contributed by atoms with E-state index in [0.29, 0.717) is 12.0 Å². The molecule has 0 atom stereocenters. The van der Waals surface area contributed by atoms with Crippen molar-refractivity contribution >= 4 is 17.4 Å². The maximum absolute atomic E-state index is 5.93. The van der Waals surface area contributed by atoms with E-state index < -0.39 is 0 Å². The molecule has 1 aromatic carbocycles. The van der Waals surface area contributed by atoms with Gasteiger partial charge in [0.05, 0.1) is 0 Å². The molecule has 0 radical (unpaired) electrons. The summed E-state index contributed by atoms with van der Waals surface area (Å²) in [6.45, 7) is 0. The van der Waals surface area contributed by atoms with E-state index in [2.05, 4.69) is 18.4 Å². The van der Waals surface area contributed by atoms with Crippen LogP contribution in [-0.2, 0) is 0 Å². The molecule has 1 aliphatic carbocycles. The average molecular weight is 236 g/mol. The Kier molecular flexibility index (Phi) is 3.77. The van der Waals surface area contributed by atoms with E-state index in [1.54, 1.807) is 11.8 Å². The number of hydrogen-bond acceptors (Lipinski definition) is 3. The second-order valence-corrected chi connectivity index (χ2v) is 5.46. The maximum Gasteiger partial charge on any atom is 0.0452 e. The van der Waals surface area contributed by atoms with Crippen molar-refractivity contribution < 1.29 is 0 Å². The Morgan fingerprint density at radius 2 is 1.88 bits per heavy atom. The SMILES string of the molecule is CSc1cc(C2CCC(N)CC2)ccc1N. The number of rotatable bonds is 2. The molecule has 0 aliphatic heterocycles. The number of nitrogen functional groups attached to an aromatic ring is 1. The standard InChI is InChI=1S/C13H20N2S/c1-16-13-8-10(4-7-12(13)15)9-2-5-11(14)6-3-9/h4,7-9,11H,2-3,5-6,14-15H2,1H3. The van der Waals surface area contributed by atoms with E-state index in [4.69, 9.17) is 11.5 Å². The first-order chi connectivity index (χ1) is 7.70. The van der Waals surface area contributed by atoms with E-state index in [1.807, 2.05) is 6.07 Å². The minimum absolute atomic E-state index is 0.421. The lowest BCUT2D eigenvalue weighted by atomic mass is 9.82. The Morgan fingerprint density at radius 1 is 1.19 bits per heavy atom. The maximum atomic E-state index is 5.93. The minimum atomic E-state index is 0.421. The molecular weight excluding hydrogens is 216 g/mol. The largest absolute Gasteiger partial charge is 0.398 e. The van der Waals surface area contributed by atoms with Crippen molar-refractivity contribution in [1.29, 1.82) is 0 Å². The molecule has 1 aromatic rings. The van der Waals surface area contributed by atoms with Crippen molar-refractivity contribution in [2.24, 2.45) is 5.73 Å². The van der Waals surface area contributed by atoms with Crippen LogP contribution in [0.3, 0.4) is 0 Å². The second-order valence-electron chi connectivity index (χ2n) is 4.61. The van der Waals surface area contributed by atoms with Crippen molar-refractivity contribution in [2.45, 2.75) is 42.5 Å². The van der Waals surface area contributed by atoms with Crippen LogP contribution in [0.15, 0.2) is 23.1 Å². The zero-order chi connectivity index (χ0) is 11.5. The molecule has 0 bridgehead atoms. The fourth-order valence-electron chi connectivity index (χ4n) is 2.43. The second kappa shape index (κ2) is 5.11. The first kappa shape index (κ1) is 11.8. The lowest BCUT2D eigenvalue weighted by molar-refractivity contribution is 0.395. The van der Waals surface area contributed by atoms with Crippen LogP contribution in [0.5, 0.6) is 0 Å². The van der Waals surface area contributed by atoms with Gasteiger partial charge in [-0.25, -0.2) is 0 Å². The van der Waals surface area contributed by atoms with Crippen LogP contribution in [-0.4, -0.2) is 12.3 Å². The molecular formula is C13H20N2S. The highest BCUT2D eigenvalue weighted by Crippen LogP contribution is 2.35. The fourth-order valence-corrected chi connectivity index (χ4v) is 2.99. The van der Waals surface area contributed by atoms with Crippen LogP contribution in [0.4, 0.5) is 5.69 Å². The van der Waals surface area contributed by atoms with Crippen molar-refractivity contribution in [3.8, 4) is 0 Å². The van der Waals surface area contributed by atoms with Gasteiger partial charge in [-0.15, -0.1) is 11.8 Å². The molecule has 1 fully saturated rings. The summed E-state index contributed by atoms with van der Waals surface area (Å²) in [5.74, 6) is 0.686. The molecule has 3 heteroatoms. The third kappa shape index (κ3) is 2.53. The average Bonchev–Trinajstić information content (AvgIpc) is 2.31. The van der Waals surface area contributed by atoms with Crippen molar-refractivity contribution in [1.82, 2.24) is 0 Å². The first-order valence-corrected chi connectivity index (χ1v) is 7.12. The van der Waals surface area contributed by atoms with Crippen molar-refractivity contribution in [2.75, 3.05) is 12.0 Å². The van der Waals surface area contributed by atoms with Gasteiger partial charge in [0.25, 0.3) is 0 Å². The normalized spacial score (nSPS) is 25.6. The fraction of sp³-hybridized carbons (Fsp3) is 0.538. The zero-order valence-corrected chi connectivity index (χ0v) is 10.6. The summed E-state index contributed by atoms with van der Waals surface area (Å²) in [7, 11) is 0. The molecule has 88 valence electrons. The predicted octanol–water partition coefficient (Wildman–Crippen LogP) is 2.98. The summed E-state index contributed by atoms with van der Waals surface area (Å²) in [5.41, 5.74) is 14.2. The lowest BCUT2D eigenvalue weighted by Crippen LogP contribution is -2.25. The van der Waals surface area contributed by atoms with Gasteiger partial charge < -0.3 is 11.5 Å². The number of hydrogen-bond donors (Lipinski definition) is 2. The molecule has 1 aliphatic rings. The molecule has 16 heavy (non-hydrogen) atoms. The first-order valence-electron chi connectivity index (χ1n) is 5.89. The van der Waals surface area contributed by atoms with Gasteiger partial charge in [-0.05, 0) is 55.6 Å². The van der Waals surface area contributed by atoms with Gasteiger partial charge in [-0.2, -0.15) is 0 Å². The van der Waals surface area contributed by atoms with Crippen molar-refractivity contribution in [3.05, 3.63) is 23.8 Å². The van der Waals surface area contributed by atoms with E-state index >= 15 is 0 Å². The summed E-state index contributed by atoms with van der Waals surface area (Å²) in [4.78, 5) is 1.20. The predicted molar refractivity (Wildman–Crippen MR) is 71.8 cm³/mol. The molecule has 0 aromatic heterocycles. The third-order valence-corrected chi connectivity index (χ3v) is 4.29. The quantitative estimate of drug-likeness (QED) is 0.613. The number of thioether (sulfide) groups is 1. The Hall–Kier alpha value is -0.670. The van der Waals surface area contributed by atoms with Gasteiger partial charge in [0.1, 0.15) is 0 Å². The molecule has 2 rings (SSSR count). The number of anilines is 1. The monoisotopic (exact) mass is 236 g/mol. The van der Waals surface area contributed by atoms with E-state index in [0.717, 1.165) is 18.5 Å². The molecule has 0 amide bonds. The van der Waals surface area contributed by atoms with Crippen LogP contribution < -0.4 is 11.5 Å². The Labute approximate surface area is 102 Å². The molecule has 0 saturated heterocycles. The smallest absolute Gasteiger partial charge is 0.0452 e. The van der Waals surface area contributed by atoms with Gasteiger partial charge in [0.2, 0.25) is 0 Å². The summed E-state index contributed by atoms with van der Waals surface area (Å²) < 4.78 is 0. The number of benzene rings is 1. The lowest BCUT2D eigenvalue weighted by Gasteiger charge is -2.26. The zero-order valence-electron chi connectivity index (χ0n) is 9.78. The Balaban J connectivity index is 2.14. The van der Waals surface area contributed by atoms with E-state index in [9.17, 15) is 0 Å². The number of nitrogens with two attached hydrogens (primary N) is 2. The molecule has 0 heterocycles. The molecule has 4 N–H and O–H groups in total. The summed E-state index contributed by atoms with van der Waals surface area (Å²) in [5, 5.41) is 0.